The van der Waals surface area contributed by atoms with Gasteiger partial charge in [-0.3, -0.25) is 0 Å². The molecule has 0 aliphatic heterocycles. The fourth-order valence-electron chi connectivity index (χ4n) is 1.39. The highest BCUT2D eigenvalue weighted by molar-refractivity contribution is 5.28. The first-order chi connectivity index (χ1) is 8.75. The van der Waals surface area contributed by atoms with Gasteiger partial charge in [0.25, 0.3) is 0 Å². The number of aliphatic hydroxyl groups excluding tert-OH is 2. The Morgan fingerprint density at radius 1 is 1.26 bits per heavy atom. The molecule has 1 aromatic rings. The topological polar surface area (TPSA) is 89.2 Å². The smallest absolute Gasteiger partial charge is 0.390 e. The molecule has 104 valence electrons. The van der Waals surface area contributed by atoms with Crippen LogP contribution in [0.4, 0.5) is 17.6 Å². The second-order valence-electron chi connectivity index (χ2n) is 3.70. The van der Waals surface area contributed by atoms with Crippen molar-refractivity contribution in [3.05, 3.63) is 45.6 Å². The third-order valence-electron chi connectivity index (χ3n) is 2.29. The highest BCUT2D eigenvalue weighted by Crippen LogP contribution is 2.32. The molecule has 2 unspecified atom stereocenters. The lowest BCUT2D eigenvalue weighted by Gasteiger charge is -2.18. The number of benzene rings is 1. The van der Waals surface area contributed by atoms with Crippen LogP contribution in [0.15, 0.2) is 23.3 Å². The third-order valence-corrected chi connectivity index (χ3v) is 2.29. The normalized spacial score (nSPS) is 14.6. The Hall–Kier alpha value is -1.83. The standard InChI is InChI=1S/C10H9F4N3O2/c11-7-2-5(1-6(3-7)10(12,13)14)9(19)8(18)4-16-17-15/h1-3,8-9,18-19H,4H2. The highest BCUT2D eigenvalue weighted by Gasteiger charge is 2.32. The molecule has 0 spiro atoms. The van der Waals surface area contributed by atoms with Gasteiger partial charge in [-0.2, -0.15) is 13.2 Å². The lowest BCUT2D eigenvalue weighted by molar-refractivity contribution is -0.137. The van der Waals surface area contributed by atoms with Crippen LogP contribution < -0.4 is 0 Å². The van der Waals surface area contributed by atoms with Crippen LogP contribution in [0.3, 0.4) is 0 Å². The molecule has 19 heavy (non-hydrogen) atoms. The quantitative estimate of drug-likeness (QED) is 0.384. The van der Waals surface area contributed by atoms with Crippen LogP contribution >= 0.6 is 0 Å². The molecule has 0 amide bonds. The van der Waals surface area contributed by atoms with E-state index in [0.717, 1.165) is 0 Å². The molecular weight excluding hydrogens is 270 g/mol. The molecular formula is C10H9F4N3O2. The zero-order valence-corrected chi connectivity index (χ0v) is 9.34. The first-order valence-electron chi connectivity index (χ1n) is 5.00. The number of nitrogens with zero attached hydrogens (tertiary/aromatic N) is 3. The van der Waals surface area contributed by atoms with Gasteiger partial charge in [0.15, 0.2) is 0 Å². The summed E-state index contributed by atoms with van der Waals surface area (Å²) >= 11 is 0. The summed E-state index contributed by atoms with van der Waals surface area (Å²) in [5.41, 5.74) is 6.29. The molecule has 2 N–H and O–H groups in total. The molecule has 0 aliphatic carbocycles. The van der Waals surface area contributed by atoms with Crippen molar-refractivity contribution in [2.75, 3.05) is 6.54 Å². The number of alkyl halides is 3. The van der Waals surface area contributed by atoms with Gasteiger partial charge >= 0.3 is 6.18 Å². The van der Waals surface area contributed by atoms with Crippen molar-refractivity contribution < 1.29 is 27.8 Å². The maximum atomic E-state index is 13.1. The molecule has 0 fully saturated rings. The van der Waals surface area contributed by atoms with E-state index in [1.807, 2.05) is 0 Å². The van der Waals surface area contributed by atoms with Gasteiger partial charge in [0, 0.05) is 4.91 Å². The number of rotatable bonds is 4. The van der Waals surface area contributed by atoms with Crippen molar-refractivity contribution in [1.82, 2.24) is 0 Å². The Balaban J connectivity index is 3.06. The van der Waals surface area contributed by atoms with Crippen molar-refractivity contribution in [3.63, 3.8) is 0 Å². The maximum absolute atomic E-state index is 13.1. The lowest BCUT2D eigenvalue weighted by atomic mass is 10.0. The average Bonchev–Trinajstić information content (AvgIpc) is 2.33. The van der Waals surface area contributed by atoms with E-state index in [1.165, 1.54) is 0 Å². The minimum atomic E-state index is -4.77. The molecule has 0 saturated heterocycles. The third kappa shape index (κ3) is 4.09. The summed E-state index contributed by atoms with van der Waals surface area (Å²) in [7, 11) is 0. The van der Waals surface area contributed by atoms with Crippen LogP contribution in [-0.2, 0) is 6.18 Å². The Bertz CT molecular complexity index is 500. The van der Waals surface area contributed by atoms with Gasteiger partial charge in [-0.1, -0.05) is 5.11 Å². The van der Waals surface area contributed by atoms with E-state index in [2.05, 4.69) is 10.0 Å². The van der Waals surface area contributed by atoms with E-state index < -0.39 is 41.9 Å². The molecule has 0 bridgehead atoms. The lowest BCUT2D eigenvalue weighted by Crippen LogP contribution is -2.22. The van der Waals surface area contributed by atoms with Crippen LogP contribution in [0, 0.1) is 5.82 Å². The zero-order valence-electron chi connectivity index (χ0n) is 9.34. The number of hydrogen-bond acceptors (Lipinski definition) is 3. The minimum Gasteiger partial charge on any atom is -0.390 e. The van der Waals surface area contributed by atoms with Gasteiger partial charge in [0.1, 0.15) is 11.9 Å². The van der Waals surface area contributed by atoms with Crippen LogP contribution in [0.1, 0.15) is 17.2 Å². The van der Waals surface area contributed by atoms with E-state index in [-0.39, 0.29) is 6.07 Å². The monoisotopic (exact) mass is 279 g/mol. The van der Waals surface area contributed by atoms with Gasteiger partial charge < -0.3 is 10.2 Å². The second kappa shape index (κ2) is 5.87. The molecule has 0 aromatic heterocycles. The van der Waals surface area contributed by atoms with Crippen LogP contribution in [-0.4, -0.2) is 22.9 Å². The van der Waals surface area contributed by atoms with Crippen LogP contribution in [0.2, 0.25) is 0 Å². The number of halogens is 4. The second-order valence-corrected chi connectivity index (χ2v) is 3.70. The number of aliphatic hydroxyl groups is 2. The highest BCUT2D eigenvalue weighted by atomic mass is 19.4. The molecule has 0 heterocycles. The van der Waals surface area contributed by atoms with E-state index in [0.29, 0.717) is 12.1 Å². The maximum Gasteiger partial charge on any atom is 0.416 e. The molecule has 1 aromatic carbocycles. The molecule has 5 nitrogen and oxygen atoms in total. The van der Waals surface area contributed by atoms with Crippen molar-refractivity contribution in [2.24, 2.45) is 5.11 Å². The van der Waals surface area contributed by atoms with E-state index in [4.69, 9.17) is 5.53 Å². The van der Waals surface area contributed by atoms with Gasteiger partial charge in [-0.25, -0.2) is 4.39 Å². The summed E-state index contributed by atoms with van der Waals surface area (Å²) in [6.45, 7) is -0.546. The van der Waals surface area contributed by atoms with E-state index in [1.54, 1.807) is 0 Å². The van der Waals surface area contributed by atoms with Gasteiger partial charge in [-0.05, 0) is 29.3 Å². The summed E-state index contributed by atoms with van der Waals surface area (Å²) in [4.78, 5) is 2.33. The zero-order chi connectivity index (χ0) is 14.6. The van der Waals surface area contributed by atoms with Crippen LogP contribution in [0.25, 0.3) is 10.4 Å². The van der Waals surface area contributed by atoms with Crippen molar-refractivity contribution >= 4 is 0 Å². The summed E-state index contributed by atoms with van der Waals surface area (Å²) in [5.74, 6) is -1.19. The SMILES string of the molecule is [N-]=[N+]=NCC(O)C(O)c1cc(F)cc(C(F)(F)F)c1. The van der Waals surface area contributed by atoms with E-state index >= 15 is 0 Å². The molecule has 0 aliphatic rings. The van der Waals surface area contributed by atoms with Crippen molar-refractivity contribution in [3.8, 4) is 0 Å². The predicted octanol–water partition coefficient (Wildman–Crippen LogP) is 2.55. The molecule has 9 heteroatoms. The number of hydrogen-bond donors (Lipinski definition) is 2. The molecule has 2 atom stereocenters. The summed E-state index contributed by atoms with van der Waals surface area (Å²) in [6.07, 6.45) is -8.19. The summed E-state index contributed by atoms with van der Waals surface area (Å²) < 4.78 is 50.4. The fraction of sp³-hybridized carbons (Fsp3) is 0.400. The van der Waals surface area contributed by atoms with Gasteiger partial charge in [0.05, 0.1) is 18.2 Å². The molecule has 1 rings (SSSR count). The molecule has 0 saturated carbocycles. The van der Waals surface area contributed by atoms with Gasteiger partial charge in [0.2, 0.25) is 0 Å². The first kappa shape index (κ1) is 15.2. The Labute approximate surface area is 104 Å². The first-order valence-corrected chi connectivity index (χ1v) is 5.00. The Kier molecular flexibility index (Phi) is 4.71. The summed E-state index contributed by atoms with van der Waals surface area (Å²) in [6, 6.07) is 1.46. The minimum absolute atomic E-state index is 0.274. The van der Waals surface area contributed by atoms with E-state index in [9.17, 15) is 27.8 Å². The van der Waals surface area contributed by atoms with Crippen LogP contribution in [0.5, 0.6) is 0 Å². The van der Waals surface area contributed by atoms with Gasteiger partial charge in [-0.15, -0.1) is 0 Å². The molecule has 0 radical (unpaired) electrons. The number of azide groups is 1. The van der Waals surface area contributed by atoms with Crippen molar-refractivity contribution in [1.29, 1.82) is 0 Å². The predicted molar refractivity (Wildman–Crippen MR) is 56.4 cm³/mol. The average molecular weight is 279 g/mol. The Morgan fingerprint density at radius 3 is 2.42 bits per heavy atom. The summed E-state index contributed by atoms with van der Waals surface area (Å²) in [5, 5.41) is 21.9. The largest absolute Gasteiger partial charge is 0.416 e. The van der Waals surface area contributed by atoms with Crippen molar-refractivity contribution in [2.45, 2.75) is 18.4 Å². The fourth-order valence-corrected chi connectivity index (χ4v) is 1.39. The Morgan fingerprint density at radius 2 is 1.89 bits per heavy atom.